The third kappa shape index (κ3) is 3.83. The zero-order valence-electron chi connectivity index (χ0n) is 9.17. The Kier molecular flexibility index (Phi) is 5.90. The Bertz CT molecular complexity index is 336. The monoisotopic (exact) mass is 290 g/mol. The highest BCUT2D eigenvalue weighted by Crippen LogP contribution is 2.26. The van der Waals surface area contributed by atoms with E-state index in [2.05, 4.69) is 21.4 Å². The first-order chi connectivity index (χ1) is 7.69. The number of methoxy groups -OCH3 is 1. The zero-order chi connectivity index (χ0) is 12.0. The molecule has 16 heavy (non-hydrogen) atoms. The van der Waals surface area contributed by atoms with Crippen LogP contribution in [0.15, 0.2) is 22.7 Å². The second-order valence-electron chi connectivity index (χ2n) is 3.52. The molecule has 0 radical (unpaired) electrons. The lowest BCUT2D eigenvalue weighted by Crippen LogP contribution is -2.28. The molecule has 0 heterocycles. The van der Waals surface area contributed by atoms with Crippen molar-refractivity contribution in [1.29, 1.82) is 0 Å². The number of rotatable bonds is 6. The number of hydrogen-bond donors (Lipinski definition) is 2. The maximum Gasteiger partial charge on any atom is 0.123 e. The predicted octanol–water partition coefficient (Wildman–Crippen LogP) is 2.52. The van der Waals surface area contributed by atoms with E-state index >= 15 is 0 Å². The molecule has 1 aromatic rings. The number of hydrogen-bond acceptors (Lipinski definition) is 3. The minimum Gasteiger partial charge on any atom is -0.385 e. The number of nitrogens with two attached hydrogens (primary N) is 1. The maximum absolute atomic E-state index is 13.1. The molecule has 1 aromatic carbocycles. The number of hydrazine groups is 1. The maximum atomic E-state index is 13.1. The van der Waals surface area contributed by atoms with Gasteiger partial charge in [0.2, 0.25) is 0 Å². The molecule has 3 nitrogen and oxygen atoms in total. The van der Waals surface area contributed by atoms with Crippen LogP contribution in [0, 0.1) is 5.82 Å². The standard InChI is InChI=1S/C11H16BrFN2O/c1-16-6-2-3-11(15-14)9-7-8(13)4-5-10(9)12/h4-5,7,11,15H,2-3,6,14H2,1H3. The molecule has 0 amide bonds. The van der Waals surface area contributed by atoms with E-state index in [1.54, 1.807) is 13.2 Å². The normalized spacial score (nSPS) is 12.8. The molecular weight excluding hydrogens is 275 g/mol. The van der Waals surface area contributed by atoms with E-state index in [0.29, 0.717) is 6.61 Å². The molecule has 1 rings (SSSR count). The summed E-state index contributed by atoms with van der Waals surface area (Å²) in [5.74, 6) is 5.21. The topological polar surface area (TPSA) is 47.3 Å². The van der Waals surface area contributed by atoms with Gasteiger partial charge in [-0.15, -0.1) is 0 Å². The van der Waals surface area contributed by atoms with E-state index in [0.717, 1.165) is 22.9 Å². The third-order valence-corrected chi connectivity index (χ3v) is 3.10. The van der Waals surface area contributed by atoms with E-state index < -0.39 is 0 Å². The average Bonchev–Trinajstić information content (AvgIpc) is 2.28. The Labute approximate surface area is 103 Å². The minimum absolute atomic E-state index is 0.0692. The Morgan fingerprint density at radius 2 is 2.31 bits per heavy atom. The van der Waals surface area contributed by atoms with Gasteiger partial charge in [-0.3, -0.25) is 11.3 Å². The first kappa shape index (κ1) is 13.6. The average molecular weight is 291 g/mol. The van der Waals surface area contributed by atoms with Crippen LogP contribution in [-0.4, -0.2) is 13.7 Å². The van der Waals surface area contributed by atoms with Crippen LogP contribution >= 0.6 is 15.9 Å². The highest BCUT2D eigenvalue weighted by atomic mass is 79.9. The molecule has 90 valence electrons. The van der Waals surface area contributed by atoms with E-state index in [4.69, 9.17) is 10.6 Å². The Balaban J connectivity index is 2.73. The van der Waals surface area contributed by atoms with Crippen LogP contribution < -0.4 is 11.3 Å². The fraction of sp³-hybridized carbons (Fsp3) is 0.455. The molecule has 3 N–H and O–H groups in total. The molecule has 1 atom stereocenters. The van der Waals surface area contributed by atoms with Gasteiger partial charge in [-0.25, -0.2) is 4.39 Å². The molecular formula is C11H16BrFN2O. The van der Waals surface area contributed by atoms with Gasteiger partial charge >= 0.3 is 0 Å². The van der Waals surface area contributed by atoms with Crippen molar-refractivity contribution in [3.05, 3.63) is 34.1 Å². The van der Waals surface area contributed by atoms with Gasteiger partial charge in [0.1, 0.15) is 5.82 Å². The van der Waals surface area contributed by atoms with Crippen LogP contribution in [0.1, 0.15) is 24.4 Å². The summed E-state index contributed by atoms with van der Waals surface area (Å²) in [5, 5.41) is 0. The van der Waals surface area contributed by atoms with Gasteiger partial charge in [0.05, 0.1) is 0 Å². The first-order valence-electron chi connectivity index (χ1n) is 5.09. The van der Waals surface area contributed by atoms with Crippen molar-refractivity contribution < 1.29 is 9.13 Å². The highest BCUT2D eigenvalue weighted by molar-refractivity contribution is 9.10. The van der Waals surface area contributed by atoms with Crippen molar-refractivity contribution in [1.82, 2.24) is 5.43 Å². The van der Waals surface area contributed by atoms with Crippen molar-refractivity contribution in [2.24, 2.45) is 5.84 Å². The smallest absolute Gasteiger partial charge is 0.123 e. The van der Waals surface area contributed by atoms with Crippen LogP contribution in [0.2, 0.25) is 0 Å². The summed E-state index contributed by atoms with van der Waals surface area (Å²) in [5.41, 5.74) is 3.53. The van der Waals surface area contributed by atoms with Crippen LogP contribution in [-0.2, 0) is 4.74 Å². The van der Waals surface area contributed by atoms with Gasteiger partial charge < -0.3 is 4.74 Å². The van der Waals surface area contributed by atoms with E-state index in [-0.39, 0.29) is 11.9 Å². The van der Waals surface area contributed by atoms with Gasteiger partial charge in [0.15, 0.2) is 0 Å². The lowest BCUT2D eigenvalue weighted by molar-refractivity contribution is 0.188. The van der Waals surface area contributed by atoms with Gasteiger partial charge in [0.25, 0.3) is 0 Å². The molecule has 0 fully saturated rings. The Morgan fingerprint density at radius 3 is 2.94 bits per heavy atom. The predicted molar refractivity (Wildman–Crippen MR) is 65.3 cm³/mol. The van der Waals surface area contributed by atoms with Gasteiger partial charge in [-0.05, 0) is 36.6 Å². The van der Waals surface area contributed by atoms with E-state index in [1.165, 1.54) is 12.1 Å². The van der Waals surface area contributed by atoms with Crippen molar-refractivity contribution in [3.8, 4) is 0 Å². The molecule has 0 bridgehead atoms. The van der Waals surface area contributed by atoms with Crippen LogP contribution in [0.3, 0.4) is 0 Å². The summed E-state index contributed by atoms with van der Waals surface area (Å²) < 4.78 is 18.9. The largest absolute Gasteiger partial charge is 0.385 e. The lowest BCUT2D eigenvalue weighted by Gasteiger charge is -2.17. The van der Waals surface area contributed by atoms with Crippen molar-refractivity contribution in [3.63, 3.8) is 0 Å². The quantitative estimate of drug-likeness (QED) is 0.481. The molecule has 0 aliphatic heterocycles. The highest BCUT2D eigenvalue weighted by Gasteiger charge is 2.13. The molecule has 0 spiro atoms. The van der Waals surface area contributed by atoms with Crippen LogP contribution in [0.5, 0.6) is 0 Å². The van der Waals surface area contributed by atoms with E-state index in [1.807, 2.05) is 0 Å². The molecule has 0 aromatic heterocycles. The van der Waals surface area contributed by atoms with Crippen molar-refractivity contribution >= 4 is 15.9 Å². The molecule has 5 heteroatoms. The molecule has 0 saturated heterocycles. The summed E-state index contributed by atoms with van der Waals surface area (Å²) in [4.78, 5) is 0. The van der Waals surface area contributed by atoms with Crippen molar-refractivity contribution in [2.75, 3.05) is 13.7 Å². The van der Waals surface area contributed by atoms with Gasteiger partial charge in [0, 0.05) is 24.2 Å². The first-order valence-corrected chi connectivity index (χ1v) is 5.88. The van der Waals surface area contributed by atoms with E-state index in [9.17, 15) is 4.39 Å². The SMILES string of the molecule is COCCCC(NN)c1cc(F)ccc1Br. The fourth-order valence-electron chi connectivity index (χ4n) is 1.54. The molecule has 0 aliphatic carbocycles. The fourth-order valence-corrected chi connectivity index (χ4v) is 2.07. The second-order valence-corrected chi connectivity index (χ2v) is 4.37. The minimum atomic E-state index is -0.259. The van der Waals surface area contributed by atoms with Crippen molar-refractivity contribution in [2.45, 2.75) is 18.9 Å². The lowest BCUT2D eigenvalue weighted by atomic mass is 10.0. The van der Waals surface area contributed by atoms with Gasteiger partial charge in [-0.2, -0.15) is 0 Å². The van der Waals surface area contributed by atoms with Crippen LogP contribution in [0.4, 0.5) is 4.39 Å². The summed E-state index contributed by atoms with van der Waals surface area (Å²) in [7, 11) is 1.66. The number of benzene rings is 1. The molecule has 1 unspecified atom stereocenters. The number of ether oxygens (including phenoxy) is 1. The molecule has 0 aliphatic rings. The summed E-state index contributed by atoms with van der Waals surface area (Å²) >= 11 is 3.39. The summed E-state index contributed by atoms with van der Waals surface area (Å²) in [6.07, 6.45) is 1.67. The number of halogens is 2. The Hall–Kier alpha value is -0.490. The summed E-state index contributed by atoms with van der Waals surface area (Å²) in [6, 6.07) is 4.52. The zero-order valence-corrected chi connectivity index (χ0v) is 10.8. The van der Waals surface area contributed by atoms with Gasteiger partial charge in [-0.1, -0.05) is 15.9 Å². The number of nitrogens with one attached hydrogen (secondary N) is 1. The van der Waals surface area contributed by atoms with Crippen LogP contribution in [0.25, 0.3) is 0 Å². The third-order valence-electron chi connectivity index (χ3n) is 2.38. The second kappa shape index (κ2) is 6.96. The Morgan fingerprint density at radius 1 is 1.56 bits per heavy atom. The molecule has 0 saturated carbocycles. The summed E-state index contributed by atoms with van der Waals surface area (Å²) in [6.45, 7) is 0.672.